The summed E-state index contributed by atoms with van der Waals surface area (Å²) in [6.07, 6.45) is 46.6. The van der Waals surface area contributed by atoms with Gasteiger partial charge in [0, 0.05) is 6.42 Å². The van der Waals surface area contributed by atoms with Crippen LogP contribution < -0.4 is 5.32 Å². The van der Waals surface area contributed by atoms with E-state index in [9.17, 15) is 19.8 Å². The molecule has 0 spiro atoms. The lowest BCUT2D eigenvalue weighted by Crippen LogP contribution is -2.46. The quantitative estimate of drug-likeness (QED) is 0.0327. The first-order valence-electron chi connectivity index (χ1n) is 23.6. The number of aliphatic hydroxyl groups excluding tert-OH is 2. The van der Waals surface area contributed by atoms with E-state index >= 15 is 0 Å². The maximum absolute atomic E-state index is 13.1. The van der Waals surface area contributed by atoms with Crippen LogP contribution in [0.4, 0.5) is 0 Å². The number of hydrogen-bond donors (Lipinski definition) is 3. The monoisotopic (exact) mass is 762 g/mol. The van der Waals surface area contributed by atoms with Crippen molar-refractivity contribution in [2.45, 2.75) is 264 Å². The minimum absolute atomic E-state index is 0.0565. The van der Waals surface area contributed by atoms with Crippen molar-refractivity contribution >= 4 is 11.9 Å². The lowest BCUT2D eigenvalue weighted by Gasteiger charge is -2.24. The zero-order chi connectivity index (χ0) is 39.6. The van der Waals surface area contributed by atoms with Gasteiger partial charge in [0.2, 0.25) is 5.91 Å². The highest BCUT2D eigenvalue weighted by molar-refractivity contribution is 5.77. The molecule has 3 atom stereocenters. The third kappa shape index (κ3) is 37.3. The van der Waals surface area contributed by atoms with Crippen molar-refractivity contribution in [2.24, 2.45) is 0 Å². The normalized spacial score (nSPS) is 13.5. The summed E-state index contributed by atoms with van der Waals surface area (Å²) in [7, 11) is 0. The Kier molecular flexibility index (Phi) is 41.2. The predicted octanol–water partition coefficient (Wildman–Crippen LogP) is 13.6. The van der Waals surface area contributed by atoms with Gasteiger partial charge >= 0.3 is 5.97 Å². The number of esters is 1. The van der Waals surface area contributed by atoms with Gasteiger partial charge in [-0.15, -0.1) is 0 Å². The molecule has 6 heteroatoms. The van der Waals surface area contributed by atoms with E-state index in [1.807, 2.05) is 0 Å². The summed E-state index contributed by atoms with van der Waals surface area (Å²) in [5.41, 5.74) is 0. The SMILES string of the molecule is CCCCC/C=C\CCCCCCCC(=O)OC(CCC/C=C\CCCCCCCC)CC(=O)NC(CO)C(O)CCCCCCCCCCCCCC. The molecule has 6 nitrogen and oxygen atoms in total. The minimum atomic E-state index is -0.790. The highest BCUT2D eigenvalue weighted by Gasteiger charge is 2.24. The van der Waals surface area contributed by atoms with Crippen molar-refractivity contribution in [1.82, 2.24) is 5.32 Å². The smallest absolute Gasteiger partial charge is 0.306 e. The van der Waals surface area contributed by atoms with Gasteiger partial charge in [0.15, 0.2) is 0 Å². The van der Waals surface area contributed by atoms with Crippen LogP contribution in [0.15, 0.2) is 24.3 Å². The van der Waals surface area contributed by atoms with Crippen LogP contribution in [0.3, 0.4) is 0 Å². The molecule has 0 saturated heterocycles. The van der Waals surface area contributed by atoms with Crippen molar-refractivity contribution in [3.8, 4) is 0 Å². The van der Waals surface area contributed by atoms with Crippen molar-refractivity contribution in [3.63, 3.8) is 0 Å². The highest BCUT2D eigenvalue weighted by Crippen LogP contribution is 2.17. The van der Waals surface area contributed by atoms with E-state index in [1.165, 1.54) is 135 Å². The molecule has 0 aliphatic carbocycles. The minimum Gasteiger partial charge on any atom is -0.462 e. The summed E-state index contributed by atoms with van der Waals surface area (Å²) in [4.78, 5) is 26.0. The molecule has 54 heavy (non-hydrogen) atoms. The number of amides is 1. The number of nitrogens with one attached hydrogen (secondary N) is 1. The summed E-state index contributed by atoms with van der Waals surface area (Å²) in [5, 5.41) is 23.6. The van der Waals surface area contributed by atoms with Crippen molar-refractivity contribution < 1.29 is 24.5 Å². The summed E-state index contributed by atoms with van der Waals surface area (Å²) in [6, 6.07) is -0.706. The maximum atomic E-state index is 13.1. The van der Waals surface area contributed by atoms with Gasteiger partial charge in [-0.1, -0.05) is 186 Å². The first-order chi connectivity index (χ1) is 26.5. The number of ether oxygens (including phenoxy) is 1. The second kappa shape index (κ2) is 42.5. The number of carbonyl (C=O) groups is 2. The molecule has 0 radical (unpaired) electrons. The Bertz CT molecular complexity index is 858. The first kappa shape index (κ1) is 52.3. The first-order valence-corrected chi connectivity index (χ1v) is 23.6. The molecular weight excluding hydrogens is 671 g/mol. The topological polar surface area (TPSA) is 95.9 Å². The zero-order valence-electron chi connectivity index (χ0n) is 36.1. The van der Waals surface area contributed by atoms with E-state index in [0.717, 1.165) is 64.2 Å². The molecule has 0 aliphatic heterocycles. The molecule has 0 aromatic rings. The van der Waals surface area contributed by atoms with Crippen LogP contribution in [0.5, 0.6) is 0 Å². The number of hydrogen-bond acceptors (Lipinski definition) is 5. The van der Waals surface area contributed by atoms with E-state index in [4.69, 9.17) is 4.74 Å². The largest absolute Gasteiger partial charge is 0.462 e. The van der Waals surface area contributed by atoms with Gasteiger partial charge in [-0.3, -0.25) is 9.59 Å². The van der Waals surface area contributed by atoms with Crippen LogP contribution >= 0.6 is 0 Å². The lowest BCUT2D eigenvalue weighted by atomic mass is 10.0. The Morgan fingerprint density at radius 2 is 0.907 bits per heavy atom. The van der Waals surface area contributed by atoms with E-state index in [0.29, 0.717) is 19.3 Å². The molecule has 0 bridgehead atoms. The fraction of sp³-hybridized carbons (Fsp3) is 0.875. The van der Waals surface area contributed by atoms with Crippen LogP contribution in [0.1, 0.15) is 245 Å². The summed E-state index contributed by atoms with van der Waals surface area (Å²) >= 11 is 0. The van der Waals surface area contributed by atoms with Crippen LogP contribution in [-0.4, -0.2) is 46.9 Å². The number of allylic oxidation sites excluding steroid dienone is 4. The second-order valence-electron chi connectivity index (χ2n) is 16.2. The molecule has 0 saturated carbocycles. The van der Waals surface area contributed by atoms with Crippen LogP contribution in [-0.2, 0) is 14.3 Å². The average Bonchev–Trinajstić information content (AvgIpc) is 3.16. The molecule has 0 fully saturated rings. The molecule has 1 amide bonds. The molecule has 3 unspecified atom stereocenters. The lowest BCUT2D eigenvalue weighted by molar-refractivity contribution is -0.151. The van der Waals surface area contributed by atoms with Crippen LogP contribution in [0.2, 0.25) is 0 Å². The molecule has 0 aliphatic rings. The van der Waals surface area contributed by atoms with Crippen molar-refractivity contribution in [2.75, 3.05) is 6.61 Å². The summed E-state index contributed by atoms with van der Waals surface area (Å²) in [6.45, 7) is 6.43. The predicted molar refractivity (Wildman–Crippen MR) is 232 cm³/mol. The second-order valence-corrected chi connectivity index (χ2v) is 16.2. The Morgan fingerprint density at radius 1 is 0.519 bits per heavy atom. The van der Waals surface area contributed by atoms with E-state index < -0.39 is 18.2 Å². The fourth-order valence-corrected chi connectivity index (χ4v) is 7.13. The average molecular weight is 762 g/mol. The molecule has 0 heterocycles. The molecule has 0 aromatic carbocycles. The Labute approximate surface area is 335 Å². The van der Waals surface area contributed by atoms with Crippen LogP contribution in [0, 0.1) is 0 Å². The third-order valence-electron chi connectivity index (χ3n) is 10.8. The Morgan fingerprint density at radius 3 is 1.39 bits per heavy atom. The number of carbonyl (C=O) groups excluding carboxylic acids is 2. The molecular formula is C48H91NO5. The van der Waals surface area contributed by atoms with Gasteiger partial charge in [-0.25, -0.2) is 0 Å². The van der Waals surface area contributed by atoms with E-state index in [2.05, 4.69) is 50.4 Å². The number of aliphatic hydroxyl groups is 2. The molecule has 3 N–H and O–H groups in total. The summed E-state index contributed by atoms with van der Waals surface area (Å²) < 4.78 is 5.88. The van der Waals surface area contributed by atoms with E-state index in [1.54, 1.807) is 0 Å². The van der Waals surface area contributed by atoms with Gasteiger partial charge < -0.3 is 20.3 Å². The highest BCUT2D eigenvalue weighted by atomic mass is 16.5. The fourth-order valence-electron chi connectivity index (χ4n) is 7.13. The van der Waals surface area contributed by atoms with Crippen molar-refractivity contribution in [3.05, 3.63) is 24.3 Å². The molecule has 0 aromatic heterocycles. The number of rotatable bonds is 42. The van der Waals surface area contributed by atoms with E-state index in [-0.39, 0.29) is 24.9 Å². The third-order valence-corrected chi connectivity index (χ3v) is 10.8. The molecule has 0 rings (SSSR count). The Hall–Kier alpha value is -1.66. The standard InChI is InChI=1S/C48H91NO5/c1-4-7-10-13-16-19-22-25-28-31-34-37-40-46(51)45(43-50)49-47(52)42-44(39-36-33-30-27-24-21-18-15-12-9-6-3)54-48(53)41-38-35-32-29-26-23-20-17-14-11-8-5-2/h17,20,27,30,44-46,50-51H,4-16,18-19,21-26,28-29,31-43H2,1-3H3,(H,49,52)/b20-17-,30-27-. The number of unbranched alkanes of at least 4 members (excludes halogenated alkanes) is 26. The maximum Gasteiger partial charge on any atom is 0.306 e. The van der Waals surface area contributed by atoms with Gasteiger partial charge in [-0.05, 0) is 70.6 Å². The van der Waals surface area contributed by atoms with Crippen LogP contribution in [0.25, 0.3) is 0 Å². The van der Waals surface area contributed by atoms with Gasteiger partial charge in [0.05, 0.1) is 25.2 Å². The van der Waals surface area contributed by atoms with Gasteiger partial charge in [0.1, 0.15) is 6.10 Å². The molecule has 318 valence electrons. The van der Waals surface area contributed by atoms with Gasteiger partial charge in [-0.2, -0.15) is 0 Å². The van der Waals surface area contributed by atoms with Gasteiger partial charge in [0.25, 0.3) is 0 Å². The Balaban J connectivity index is 4.59. The zero-order valence-corrected chi connectivity index (χ0v) is 36.1. The summed E-state index contributed by atoms with van der Waals surface area (Å²) in [5.74, 6) is -0.509. The van der Waals surface area contributed by atoms with Crippen molar-refractivity contribution in [1.29, 1.82) is 0 Å².